The van der Waals surface area contributed by atoms with Gasteiger partial charge in [0.1, 0.15) is 4.49 Å². The first-order valence-electron chi connectivity index (χ1n) is 3.90. The molecule has 0 aliphatic carbocycles. The fourth-order valence-corrected chi connectivity index (χ4v) is 1.93. The number of ether oxygens (including phenoxy) is 1. The molecule has 0 saturated carbocycles. The highest BCUT2D eigenvalue weighted by atomic mass is 35.5. The molecule has 0 fully saturated rings. The number of rotatable bonds is 2. The molecule has 0 saturated heterocycles. The highest BCUT2D eigenvalue weighted by molar-refractivity contribution is 6.62. The summed E-state index contributed by atoms with van der Waals surface area (Å²) < 4.78 is 4.42. The molecule has 0 aliphatic heterocycles. The normalized spacial score (nSPS) is 10.0. The lowest BCUT2D eigenvalue weighted by atomic mass is 10.3. The first-order valence-corrected chi connectivity index (χ1v) is 6.17. The fourth-order valence-electron chi connectivity index (χ4n) is 0.841. The highest BCUT2D eigenvalue weighted by Gasteiger charge is 2.18. The van der Waals surface area contributed by atoms with Crippen molar-refractivity contribution in [3.63, 3.8) is 0 Å². The Bertz CT molecular complexity index is 469. The molecule has 0 heterocycles. The first-order chi connectivity index (χ1) is 7.82. The molecular formula is C9H2Cl6O2. The van der Waals surface area contributed by atoms with Crippen LogP contribution in [-0.2, 0) is 4.79 Å². The van der Waals surface area contributed by atoms with Crippen molar-refractivity contribution in [3.8, 4) is 5.75 Å². The average Bonchev–Trinajstić information content (AvgIpc) is 2.21. The topological polar surface area (TPSA) is 26.3 Å². The molecule has 1 aromatic carbocycles. The van der Waals surface area contributed by atoms with Gasteiger partial charge in [0.2, 0.25) is 0 Å². The van der Waals surface area contributed by atoms with Gasteiger partial charge in [-0.15, -0.1) is 0 Å². The lowest BCUT2D eigenvalue weighted by molar-refractivity contribution is -0.129. The van der Waals surface area contributed by atoms with Gasteiger partial charge in [-0.05, 0) is 12.1 Å². The van der Waals surface area contributed by atoms with Gasteiger partial charge in [-0.1, -0.05) is 69.6 Å². The van der Waals surface area contributed by atoms with Crippen molar-refractivity contribution in [1.29, 1.82) is 0 Å². The Morgan fingerprint density at radius 1 is 1.00 bits per heavy atom. The van der Waals surface area contributed by atoms with E-state index in [4.69, 9.17) is 74.3 Å². The van der Waals surface area contributed by atoms with Crippen molar-refractivity contribution >= 4 is 75.6 Å². The third-order valence-corrected chi connectivity index (χ3v) is 3.20. The molecule has 1 aromatic rings. The molecule has 0 aliphatic rings. The van der Waals surface area contributed by atoms with Crippen LogP contribution in [0.3, 0.4) is 0 Å². The van der Waals surface area contributed by atoms with Gasteiger partial charge in [-0.2, -0.15) is 0 Å². The maximum Gasteiger partial charge on any atom is 0.357 e. The molecule has 0 bridgehead atoms. The smallest absolute Gasteiger partial charge is 0.357 e. The SMILES string of the molecule is O=C(Oc1c(Cl)cc(Cl)cc1Cl)C(Cl)=C(Cl)Cl. The molecule has 0 aromatic heterocycles. The van der Waals surface area contributed by atoms with E-state index in [0.29, 0.717) is 5.02 Å². The molecule has 0 atom stereocenters. The Labute approximate surface area is 127 Å². The minimum atomic E-state index is -0.974. The Hall–Kier alpha value is 0.170. The van der Waals surface area contributed by atoms with Gasteiger partial charge in [-0.3, -0.25) is 0 Å². The Balaban J connectivity index is 3.05. The lowest BCUT2D eigenvalue weighted by Gasteiger charge is -2.08. The molecule has 92 valence electrons. The number of hydrogen-bond acceptors (Lipinski definition) is 2. The van der Waals surface area contributed by atoms with Crippen LogP contribution >= 0.6 is 69.6 Å². The van der Waals surface area contributed by atoms with Crippen molar-refractivity contribution in [1.82, 2.24) is 0 Å². The van der Waals surface area contributed by atoms with Gasteiger partial charge >= 0.3 is 5.97 Å². The maximum atomic E-state index is 11.4. The molecule has 1 rings (SSSR count). The van der Waals surface area contributed by atoms with Crippen LogP contribution in [0.15, 0.2) is 21.7 Å². The van der Waals surface area contributed by atoms with Gasteiger partial charge in [0.25, 0.3) is 0 Å². The predicted molar refractivity (Wildman–Crippen MR) is 71.7 cm³/mol. The van der Waals surface area contributed by atoms with Crippen molar-refractivity contribution in [2.75, 3.05) is 0 Å². The number of benzene rings is 1. The van der Waals surface area contributed by atoms with Crippen molar-refractivity contribution in [2.24, 2.45) is 0 Å². The van der Waals surface area contributed by atoms with E-state index in [1.807, 2.05) is 0 Å². The van der Waals surface area contributed by atoms with Crippen LogP contribution in [-0.4, -0.2) is 5.97 Å². The van der Waals surface area contributed by atoms with E-state index >= 15 is 0 Å². The predicted octanol–water partition coefficient (Wildman–Crippen LogP) is 5.44. The van der Waals surface area contributed by atoms with E-state index in [1.54, 1.807) is 0 Å². The summed E-state index contributed by atoms with van der Waals surface area (Å²) in [6.07, 6.45) is 0. The summed E-state index contributed by atoms with van der Waals surface area (Å²) in [5, 5.41) is -0.0516. The molecule has 0 unspecified atom stereocenters. The second-order valence-electron chi connectivity index (χ2n) is 2.66. The minimum Gasteiger partial charge on any atom is -0.419 e. The summed E-state index contributed by atoms with van der Waals surface area (Å²) in [5.41, 5.74) is 0. The van der Waals surface area contributed by atoms with E-state index in [-0.39, 0.29) is 15.8 Å². The summed E-state index contributed by atoms with van der Waals surface area (Å²) in [6.45, 7) is 0. The van der Waals surface area contributed by atoms with Crippen LogP contribution < -0.4 is 4.74 Å². The number of halogens is 6. The zero-order valence-corrected chi connectivity index (χ0v) is 12.3. The molecular weight excluding hydrogens is 353 g/mol. The van der Waals surface area contributed by atoms with Gasteiger partial charge < -0.3 is 4.74 Å². The Morgan fingerprint density at radius 3 is 1.88 bits per heavy atom. The molecule has 0 spiro atoms. The number of carbonyl (C=O) groups is 1. The average molecular weight is 355 g/mol. The summed E-state index contributed by atoms with van der Waals surface area (Å²) >= 11 is 33.4. The van der Waals surface area contributed by atoms with Gasteiger partial charge in [0.15, 0.2) is 10.8 Å². The summed E-state index contributed by atoms with van der Waals surface area (Å²) in [6, 6.07) is 2.72. The van der Waals surface area contributed by atoms with Crippen LogP contribution in [0.2, 0.25) is 15.1 Å². The molecule has 0 amide bonds. The van der Waals surface area contributed by atoms with Crippen molar-refractivity contribution in [2.45, 2.75) is 0 Å². The van der Waals surface area contributed by atoms with Crippen molar-refractivity contribution in [3.05, 3.63) is 36.7 Å². The third-order valence-electron chi connectivity index (χ3n) is 1.50. The van der Waals surface area contributed by atoms with E-state index in [2.05, 4.69) is 0 Å². The molecule has 17 heavy (non-hydrogen) atoms. The quantitative estimate of drug-likeness (QED) is 0.401. The molecule has 8 heteroatoms. The monoisotopic (exact) mass is 352 g/mol. The lowest BCUT2D eigenvalue weighted by Crippen LogP contribution is -2.09. The van der Waals surface area contributed by atoms with Gasteiger partial charge in [0.05, 0.1) is 10.0 Å². The Kier molecular flexibility index (Phi) is 5.71. The maximum absolute atomic E-state index is 11.4. The zero-order chi connectivity index (χ0) is 13.2. The first kappa shape index (κ1) is 15.2. The van der Waals surface area contributed by atoms with Crippen LogP contribution in [0.1, 0.15) is 0 Å². The van der Waals surface area contributed by atoms with Crippen LogP contribution in [0, 0.1) is 0 Å². The standard InChI is InChI=1S/C9H2Cl6O2/c10-3-1-4(11)7(5(12)2-3)17-9(16)6(13)8(14)15/h1-2H. The molecule has 0 radical (unpaired) electrons. The van der Waals surface area contributed by atoms with E-state index in [0.717, 1.165) is 0 Å². The van der Waals surface area contributed by atoms with Gasteiger partial charge in [0, 0.05) is 5.02 Å². The van der Waals surface area contributed by atoms with E-state index in [1.165, 1.54) is 12.1 Å². The van der Waals surface area contributed by atoms with Crippen molar-refractivity contribution < 1.29 is 9.53 Å². The van der Waals surface area contributed by atoms with E-state index in [9.17, 15) is 4.79 Å². The third kappa shape index (κ3) is 4.09. The molecule has 2 nitrogen and oxygen atoms in total. The summed E-state index contributed by atoms with van der Waals surface area (Å²) in [7, 11) is 0. The minimum absolute atomic E-state index is 0.0611. The van der Waals surface area contributed by atoms with Gasteiger partial charge in [-0.25, -0.2) is 4.79 Å². The summed E-state index contributed by atoms with van der Waals surface area (Å²) in [4.78, 5) is 11.4. The van der Waals surface area contributed by atoms with Crippen LogP contribution in [0.25, 0.3) is 0 Å². The number of hydrogen-bond donors (Lipinski definition) is 0. The number of esters is 1. The number of carbonyl (C=O) groups excluding carboxylic acids is 1. The van der Waals surface area contributed by atoms with Crippen LogP contribution in [0.5, 0.6) is 5.75 Å². The second-order valence-corrected chi connectivity index (χ2v) is 5.24. The largest absolute Gasteiger partial charge is 0.419 e. The highest BCUT2D eigenvalue weighted by Crippen LogP contribution is 2.36. The fraction of sp³-hybridized carbons (Fsp3) is 0. The van der Waals surface area contributed by atoms with E-state index < -0.39 is 15.5 Å². The molecule has 0 N–H and O–H groups in total. The summed E-state index contributed by atoms with van der Waals surface area (Å²) in [5.74, 6) is -1.05. The van der Waals surface area contributed by atoms with Crippen LogP contribution in [0.4, 0.5) is 0 Å². The Morgan fingerprint density at radius 2 is 1.47 bits per heavy atom. The second kappa shape index (κ2) is 6.37. The zero-order valence-electron chi connectivity index (χ0n) is 7.74.